The topological polar surface area (TPSA) is 67.6 Å². The number of halogens is 1. The molecule has 0 saturated carbocycles. The summed E-state index contributed by atoms with van der Waals surface area (Å²) in [6.45, 7) is 2.44. The van der Waals surface area contributed by atoms with Crippen LogP contribution in [-0.4, -0.2) is 51.9 Å². The number of aromatic nitrogens is 3. The number of hydrogen-bond acceptors (Lipinski definition) is 4. The monoisotopic (exact) mass is 442 g/mol. The van der Waals surface area contributed by atoms with E-state index in [1.807, 2.05) is 37.6 Å². The first kappa shape index (κ1) is 18.5. The van der Waals surface area contributed by atoms with E-state index in [2.05, 4.69) is 25.3 Å². The summed E-state index contributed by atoms with van der Waals surface area (Å²) in [4.78, 5) is 10.8. The Labute approximate surface area is 159 Å². The van der Waals surface area contributed by atoms with Gasteiger partial charge in [0.2, 0.25) is 5.88 Å². The highest BCUT2D eigenvalue weighted by molar-refractivity contribution is 14.0. The summed E-state index contributed by atoms with van der Waals surface area (Å²) in [5.41, 5.74) is 1.13. The molecular weight excluding hydrogens is 419 g/mol. The predicted octanol–water partition coefficient (Wildman–Crippen LogP) is 1.66. The fourth-order valence-corrected chi connectivity index (χ4v) is 2.68. The minimum Gasteiger partial charge on any atom is -0.472 e. The summed E-state index contributed by atoms with van der Waals surface area (Å²) in [7, 11) is 3.72. The lowest BCUT2D eigenvalue weighted by Gasteiger charge is -2.21. The van der Waals surface area contributed by atoms with E-state index in [4.69, 9.17) is 4.74 Å². The number of hydrogen-bond donors (Lipinski definition) is 1. The third-order valence-corrected chi connectivity index (χ3v) is 3.79. The molecule has 7 nitrogen and oxygen atoms in total. The first-order chi connectivity index (χ1) is 11.2. The van der Waals surface area contributed by atoms with E-state index in [1.165, 1.54) is 0 Å². The molecule has 8 heteroatoms. The lowest BCUT2D eigenvalue weighted by atomic mass is 10.3. The van der Waals surface area contributed by atoms with Crippen molar-refractivity contribution >= 4 is 29.9 Å². The Kier molecular flexibility index (Phi) is 6.83. The van der Waals surface area contributed by atoms with E-state index in [1.54, 1.807) is 17.9 Å². The zero-order chi connectivity index (χ0) is 16.1. The average Bonchev–Trinajstić information content (AvgIpc) is 3.19. The van der Waals surface area contributed by atoms with Crippen molar-refractivity contribution in [3.05, 3.63) is 42.4 Å². The van der Waals surface area contributed by atoms with Gasteiger partial charge >= 0.3 is 0 Å². The smallest absolute Gasteiger partial charge is 0.213 e. The van der Waals surface area contributed by atoms with Gasteiger partial charge in [0.25, 0.3) is 0 Å². The number of aryl methyl sites for hydroxylation is 1. The molecule has 0 aliphatic carbocycles. The number of rotatable bonds is 4. The van der Waals surface area contributed by atoms with Crippen LogP contribution in [0, 0.1) is 0 Å². The van der Waals surface area contributed by atoms with Crippen LogP contribution in [0.3, 0.4) is 0 Å². The lowest BCUT2D eigenvalue weighted by molar-refractivity contribution is 0.205. The minimum atomic E-state index is 0. The molecule has 24 heavy (non-hydrogen) atoms. The molecule has 1 aliphatic rings. The summed E-state index contributed by atoms with van der Waals surface area (Å²) >= 11 is 0. The summed E-state index contributed by atoms with van der Waals surface area (Å²) in [5, 5.41) is 7.55. The van der Waals surface area contributed by atoms with E-state index >= 15 is 0 Å². The SMILES string of the molecule is CN=C(NCc1cnn(C)c1)N1CCC(Oc2ccccn2)C1.I. The Balaban J connectivity index is 0.00000208. The van der Waals surface area contributed by atoms with E-state index in [0.29, 0.717) is 12.4 Å². The fraction of sp³-hybridized carbons (Fsp3) is 0.438. The molecule has 2 aromatic heterocycles. The van der Waals surface area contributed by atoms with Gasteiger partial charge in [-0.25, -0.2) is 4.98 Å². The van der Waals surface area contributed by atoms with Crippen LogP contribution in [0.1, 0.15) is 12.0 Å². The Morgan fingerprint density at radius 2 is 2.33 bits per heavy atom. The van der Waals surface area contributed by atoms with Crippen LogP contribution in [0.4, 0.5) is 0 Å². The van der Waals surface area contributed by atoms with Crippen molar-refractivity contribution in [1.82, 2.24) is 25.0 Å². The minimum absolute atomic E-state index is 0. The van der Waals surface area contributed by atoms with Crippen molar-refractivity contribution in [1.29, 1.82) is 0 Å². The molecular formula is C16H23IN6O. The Morgan fingerprint density at radius 3 is 3.00 bits per heavy atom. The molecule has 1 atom stereocenters. The predicted molar refractivity (Wildman–Crippen MR) is 104 cm³/mol. The van der Waals surface area contributed by atoms with Crippen LogP contribution in [0.25, 0.3) is 0 Å². The van der Waals surface area contributed by atoms with E-state index in [-0.39, 0.29) is 30.1 Å². The maximum absolute atomic E-state index is 5.92. The van der Waals surface area contributed by atoms with Gasteiger partial charge in [-0.2, -0.15) is 5.10 Å². The second-order valence-corrected chi connectivity index (χ2v) is 5.57. The van der Waals surface area contributed by atoms with Crippen molar-refractivity contribution < 1.29 is 4.74 Å². The molecule has 3 heterocycles. The van der Waals surface area contributed by atoms with Gasteiger partial charge in [-0.3, -0.25) is 9.67 Å². The summed E-state index contributed by atoms with van der Waals surface area (Å²) in [5.74, 6) is 1.57. The number of likely N-dealkylation sites (tertiary alicyclic amines) is 1. The van der Waals surface area contributed by atoms with Crippen LogP contribution < -0.4 is 10.1 Å². The standard InChI is InChI=1S/C16H22N6O.HI/c1-17-16(19-9-13-10-20-21(2)11-13)22-8-6-14(12-22)23-15-5-3-4-7-18-15;/h3-5,7,10-11,14H,6,8-9,12H2,1-2H3,(H,17,19);1H. The third-order valence-electron chi connectivity index (χ3n) is 3.79. The van der Waals surface area contributed by atoms with E-state index < -0.39 is 0 Å². The highest BCUT2D eigenvalue weighted by Crippen LogP contribution is 2.16. The number of ether oxygens (including phenoxy) is 1. The van der Waals surface area contributed by atoms with Crippen molar-refractivity contribution in [2.24, 2.45) is 12.0 Å². The van der Waals surface area contributed by atoms with Gasteiger partial charge in [0, 0.05) is 57.6 Å². The molecule has 3 rings (SSSR count). The quantitative estimate of drug-likeness (QED) is 0.443. The molecule has 1 saturated heterocycles. The second kappa shape index (κ2) is 8.86. The Morgan fingerprint density at radius 1 is 1.46 bits per heavy atom. The highest BCUT2D eigenvalue weighted by Gasteiger charge is 2.26. The van der Waals surface area contributed by atoms with E-state index in [9.17, 15) is 0 Å². The molecule has 1 unspecified atom stereocenters. The van der Waals surface area contributed by atoms with Gasteiger partial charge in [0.1, 0.15) is 6.10 Å². The molecule has 0 bridgehead atoms. The van der Waals surface area contributed by atoms with E-state index in [0.717, 1.165) is 31.0 Å². The van der Waals surface area contributed by atoms with Gasteiger partial charge < -0.3 is 15.0 Å². The molecule has 0 amide bonds. The maximum atomic E-state index is 5.92. The van der Waals surface area contributed by atoms with Gasteiger partial charge in [-0.15, -0.1) is 24.0 Å². The van der Waals surface area contributed by atoms with Gasteiger partial charge in [0.05, 0.1) is 12.7 Å². The third kappa shape index (κ3) is 4.83. The molecule has 1 N–H and O–H groups in total. The van der Waals surface area contributed by atoms with Crippen LogP contribution >= 0.6 is 24.0 Å². The Hall–Kier alpha value is -1.84. The molecule has 1 aliphatic heterocycles. The van der Waals surface area contributed by atoms with Gasteiger partial charge in [-0.1, -0.05) is 6.07 Å². The number of pyridine rings is 1. The van der Waals surface area contributed by atoms with Crippen molar-refractivity contribution in [2.75, 3.05) is 20.1 Å². The summed E-state index contributed by atoms with van der Waals surface area (Å²) in [6.07, 6.45) is 6.71. The van der Waals surface area contributed by atoms with Crippen LogP contribution in [0.5, 0.6) is 5.88 Å². The van der Waals surface area contributed by atoms with Crippen LogP contribution in [-0.2, 0) is 13.6 Å². The largest absolute Gasteiger partial charge is 0.472 e. The molecule has 1 fully saturated rings. The zero-order valence-corrected chi connectivity index (χ0v) is 16.3. The number of nitrogens with zero attached hydrogens (tertiary/aromatic N) is 5. The maximum Gasteiger partial charge on any atom is 0.213 e. The van der Waals surface area contributed by atoms with Crippen LogP contribution in [0.2, 0.25) is 0 Å². The van der Waals surface area contributed by atoms with Crippen LogP contribution in [0.15, 0.2) is 41.8 Å². The lowest BCUT2D eigenvalue weighted by Crippen LogP contribution is -2.40. The molecule has 0 spiro atoms. The normalized spacial score (nSPS) is 17.5. The first-order valence-electron chi connectivity index (χ1n) is 7.75. The van der Waals surface area contributed by atoms with Crippen molar-refractivity contribution in [3.8, 4) is 5.88 Å². The van der Waals surface area contributed by atoms with Crippen molar-refractivity contribution in [2.45, 2.75) is 19.1 Å². The molecule has 130 valence electrons. The molecule has 2 aromatic rings. The zero-order valence-electron chi connectivity index (χ0n) is 13.9. The fourth-order valence-electron chi connectivity index (χ4n) is 2.68. The van der Waals surface area contributed by atoms with Gasteiger partial charge in [-0.05, 0) is 6.07 Å². The first-order valence-corrected chi connectivity index (χ1v) is 7.75. The number of nitrogens with one attached hydrogen (secondary N) is 1. The van der Waals surface area contributed by atoms with Gasteiger partial charge in [0.15, 0.2) is 5.96 Å². The summed E-state index contributed by atoms with van der Waals surface area (Å²) in [6, 6.07) is 5.71. The average molecular weight is 442 g/mol. The number of aliphatic imine (C=N–C) groups is 1. The second-order valence-electron chi connectivity index (χ2n) is 5.57. The Bertz CT molecular complexity index is 660. The summed E-state index contributed by atoms with van der Waals surface area (Å²) < 4.78 is 7.72. The number of guanidine groups is 1. The van der Waals surface area contributed by atoms with Crippen molar-refractivity contribution in [3.63, 3.8) is 0 Å². The highest BCUT2D eigenvalue weighted by atomic mass is 127. The molecule has 0 radical (unpaired) electrons. The molecule has 0 aromatic carbocycles.